The van der Waals surface area contributed by atoms with E-state index in [1.54, 1.807) is 24.7 Å². The Morgan fingerprint density at radius 1 is 1.12 bits per heavy atom. The first-order chi connectivity index (χ1) is 11.7. The van der Waals surface area contributed by atoms with Crippen LogP contribution < -0.4 is 5.73 Å². The van der Waals surface area contributed by atoms with Gasteiger partial charge in [-0.2, -0.15) is 0 Å². The van der Waals surface area contributed by atoms with Gasteiger partial charge in [0.2, 0.25) is 6.29 Å². The van der Waals surface area contributed by atoms with Gasteiger partial charge in [-0.1, -0.05) is 30.3 Å². The van der Waals surface area contributed by atoms with E-state index in [0.29, 0.717) is 23.3 Å². The number of nitrogens with two attached hydrogens (primary N) is 1. The van der Waals surface area contributed by atoms with Crippen LogP contribution in [0, 0.1) is 0 Å². The Balaban J connectivity index is 1.62. The maximum absolute atomic E-state index is 11.5. The van der Waals surface area contributed by atoms with Crippen molar-refractivity contribution in [3.05, 3.63) is 66.1 Å². The second-order valence-electron chi connectivity index (χ2n) is 5.53. The maximum Gasteiger partial charge on any atom is 0.250 e. The van der Waals surface area contributed by atoms with E-state index in [1.807, 2.05) is 30.3 Å². The molecule has 0 bridgehead atoms. The van der Waals surface area contributed by atoms with E-state index in [0.717, 1.165) is 16.6 Å². The van der Waals surface area contributed by atoms with Crippen molar-refractivity contribution in [3.8, 4) is 11.4 Å². The number of benzene rings is 2. The fourth-order valence-corrected chi connectivity index (χ4v) is 2.73. The van der Waals surface area contributed by atoms with Crippen molar-refractivity contribution >= 4 is 16.9 Å². The van der Waals surface area contributed by atoms with Crippen LogP contribution in [0.5, 0.6) is 0 Å². The number of amides is 1. The van der Waals surface area contributed by atoms with E-state index in [9.17, 15) is 4.79 Å². The first-order valence-electron chi connectivity index (χ1n) is 7.54. The highest BCUT2D eigenvalue weighted by Crippen LogP contribution is 2.23. The second-order valence-corrected chi connectivity index (χ2v) is 5.53. The lowest BCUT2D eigenvalue weighted by molar-refractivity contribution is -0.0209. The summed E-state index contributed by atoms with van der Waals surface area (Å²) in [4.78, 5) is 19.3. The number of primary amides is 1. The largest absolute Gasteiger partial charge is 0.459 e. The minimum absolute atomic E-state index is 0.264. The number of aromatic nitrogens is 2. The van der Waals surface area contributed by atoms with Crippen LogP contribution in [0.2, 0.25) is 0 Å². The topological polar surface area (TPSA) is 90.2 Å². The molecule has 3 aromatic rings. The van der Waals surface area contributed by atoms with E-state index in [2.05, 4.69) is 9.97 Å². The molecule has 24 heavy (non-hydrogen) atoms. The Hall–Kier alpha value is -3.28. The average Bonchev–Trinajstić information content (AvgIpc) is 3.24. The molecule has 0 spiro atoms. The number of carbonyl (C=O) groups excluding carboxylic acids is 1. The highest BCUT2D eigenvalue weighted by atomic mass is 16.7. The van der Waals surface area contributed by atoms with Crippen molar-refractivity contribution in [1.29, 1.82) is 0 Å². The zero-order valence-corrected chi connectivity index (χ0v) is 12.7. The number of nitrogens with one attached hydrogen (secondary N) is 1. The Labute approximate surface area is 137 Å². The minimum Gasteiger partial charge on any atom is -0.459 e. The fourth-order valence-electron chi connectivity index (χ4n) is 2.73. The number of rotatable bonds is 4. The molecule has 0 aliphatic carbocycles. The summed E-state index contributed by atoms with van der Waals surface area (Å²) < 4.78 is 10.6. The Morgan fingerprint density at radius 3 is 2.58 bits per heavy atom. The second kappa shape index (κ2) is 5.73. The molecule has 2 heterocycles. The predicted octanol–water partition coefficient (Wildman–Crippen LogP) is 2.72. The number of nitrogens with zero attached hydrogens (tertiary/aromatic N) is 1. The summed E-state index contributed by atoms with van der Waals surface area (Å²) in [7, 11) is 0. The summed E-state index contributed by atoms with van der Waals surface area (Å²) in [5, 5.41) is 0. The van der Waals surface area contributed by atoms with Crippen molar-refractivity contribution < 1.29 is 14.3 Å². The molecule has 2 aromatic carbocycles. The van der Waals surface area contributed by atoms with Crippen LogP contribution in [0.15, 0.2) is 55.0 Å². The normalized spacial score (nSPS) is 13.8. The summed E-state index contributed by atoms with van der Waals surface area (Å²) in [6.07, 6.45) is 3.49. The summed E-state index contributed by atoms with van der Waals surface area (Å²) >= 11 is 0. The number of fused-ring (bicyclic) bond motifs is 1. The zero-order chi connectivity index (χ0) is 16.5. The number of imidazole rings is 1. The SMILES string of the molecule is NC(=O)c1cccc2[nH]c(-c3ccc(CC4OC=CO4)cc3)nc12. The molecule has 1 aliphatic rings. The van der Waals surface area contributed by atoms with Crippen LogP contribution in [-0.4, -0.2) is 22.2 Å². The van der Waals surface area contributed by atoms with Crippen LogP contribution in [0.3, 0.4) is 0 Å². The summed E-state index contributed by atoms with van der Waals surface area (Å²) in [5.74, 6) is 0.208. The molecule has 0 radical (unpaired) electrons. The fraction of sp³-hybridized carbons (Fsp3) is 0.111. The van der Waals surface area contributed by atoms with E-state index in [4.69, 9.17) is 15.2 Å². The van der Waals surface area contributed by atoms with Crippen molar-refractivity contribution in [2.24, 2.45) is 5.73 Å². The first-order valence-corrected chi connectivity index (χ1v) is 7.54. The van der Waals surface area contributed by atoms with Gasteiger partial charge in [0.05, 0.1) is 11.1 Å². The highest BCUT2D eigenvalue weighted by molar-refractivity contribution is 6.04. The molecule has 1 aromatic heterocycles. The summed E-state index contributed by atoms with van der Waals surface area (Å²) in [6, 6.07) is 13.3. The third-order valence-electron chi connectivity index (χ3n) is 3.92. The zero-order valence-electron chi connectivity index (χ0n) is 12.7. The van der Waals surface area contributed by atoms with Crippen LogP contribution in [0.4, 0.5) is 0 Å². The predicted molar refractivity (Wildman–Crippen MR) is 88.8 cm³/mol. The van der Waals surface area contributed by atoms with Gasteiger partial charge in [0.15, 0.2) is 0 Å². The van der Waals surface area contributed by atoms with Crippen molar-refractivity contribution in [1.82, 2.24) is 9.97 Å². The highest BCUT2D eigenvalue weighted by Gasteiger charge is 2.14. The molecular formula is C18H15N3O3. The molecular weight excluding hydrogens is 306 g/mol. The van der Waals surface area contributed by atoms with Crippen LogP contribution >= 0.6 is 0 Å². The molecule has 6 nitrogen and oxygen atoms in total. The standard InChI is InChI=1S/C18H15N3O3/c19-17(22)13-2-1-3-14-16(13)21-18(20-14)12-6-4-11(5-7-12)10-15-23-8-9-24-15/h1-9,15H,10H2,(H2,19,22)(H,20,21). The monoisotopic (exact) mass is 321 g/mol. The molecule has 1 aliphatic heterocycles. The molecule has 0 atom stereocenters. The quantitative estimate of drug-likeness (QED) is 0.773. The van der Waals surface area contributed by atoms with E-state index in [-0.39, 0.29) is 6.29 Å². The van der Waals surface area contributed by atoms with Gasteiger partial charge in [-0.3, -0.25) is 4.79 Å². The number of carbonyl (C=O) groups is 1. The van der Waals surface area contributed by atoms with Gasteiger partial charge in [-0.25, -0.2) is 4.98 Å². The number of hydrogen-bond donors (Lipinski definition) is 2. The summed E-state index contributed by atoms with van der Waals surface area (Å²) in [6.45, 7) is 0. The lowest BCUT2D eigenvalue weighted by Crippen LogP contribution is -2.11. The van der Waals surface area contributed by atoms with Gasteiger partial charge in [0, 0.05) is 12.0 Å². The Bertz CT molecular complexity index is 920. The van der Waals surface area contributed by atoms with Gasteiger partial charge < -0.3 is 20.2 Å². The number of H-pyrrole nitrogens is 1. The molecule has 0 saturated carbocycles. The molecule has 4 rings (SSSR count). The van der Waals surface area contributed by atoms with Gasteiger partial charge >= 0.3 is 0 Å². The minimum atomic E-state index is -0.487. The number of ether oxygens (including phenoxy) is 2. The average molecular weight is 321 g/mol. The molecule has 6 heteroatoms. The summed E-state index contributed by atoms with van der Waals surface area (Å²) in [5.41, 5.74) is 9.21. The molecule has 120 valence electrons. The van der Waals surface area contributed by atoms with E-state index in [1.165, 1.54) is 0 Å². The lowest BCUT2D eigenvalue weighted by atomic mass is 10.1. The third kappa shape index (κ3) is 2.58. The molecule has 1 amide bonds. The van der Waals surface area contributed by atoms with Gasteiger partial charge in [0.1, 0.15) is 23.9 Å². The molecule has 0 fully saturated rings. The molecule has 0 saturated heterocycles. The maximum atomic E-state index is 11.5. The van der Waals surface area contributed by atoms with Crippen LogP contribution in [0.25, 0.3) is 22.4 Å². The van der Waals surface area contributed by atoms with Crippen molar-refractivity contribution in [3.63, 3.8) is 0 Å². The van der Waals surface area contributed by atoms with Gasteiger partial charge in [0.25, 0.3) is 5.91 Å². The molecule has 3 N–H and O–H groups in total. The smallest absolute Gasteiger partial charge is 0.250 e. The Kier molecular flexibility index (Phi) is 3.42. The van der Waals surface area contributed by atoms with Crippen LogP contribution in [-0.2, 0) is 15.9 Å². The van der Waals surface area contributed by atoms with Crippen LogP contribution in [0.1, 0.15) is 15.9 Å². The van der Waals surface area contributed by atoms with Gasteiger partial charge in [-0.05, 0) is 17.7 Å². The number of para-hydroxylation sites is 1. The van der Waals surface area contributed by atoms with E-state index >= 15 is 0 Å². The first kappa shape index (κ1) is 14.3. The molecule has 0 unspecified atom stereocenters. The Morgan fingerprint density at radius 2 is 1.88 bits per heavy atom. The number of hydrogen-bond acceptors (Lipinski definition) is 4. The van der Waals surface area contributed by atoms with Gasteiger partial charge in [-0.15, -0.1) is 0 Å². The van der Waals surface area contributed by atoms with Crippen molar-refractivity contribution in [2.45, 2.75) is 12.7 Å². The number of aromatic amines is 1. The lowest BCUT2D eigenvalue weighted by Gasteiger charge is -2.10. The van der Waals surface area contributed by atoms with Crippen molar-refractivity contribution in [2.75, 3.05) is 0 Å². The van der Waals surface area contributed by atoms with E-state index < -0.39 is 5.91 Å². The third-order valence-corrected chi connectivity index (χ3v) is 3.92.